The molecule has 0 bridgehead atoms. The number of hydrogen-bond donors (Lipinski definition) is 1. The molecule has 2 heterocycles. The number of methoxy groups -OCH3 is 1. The summed E-state index contributed by atoms with van der Waals surface area (Å²) in [5.74, 6) is -0.345. The normalized spacial score (nSPS) is 19.6. The standard InChI is InChI=1S/C24H26F3N3O3/c1-33-21-7-5-19(6-8-21)29-11-9-18(10-12-29)28-23(32)16-13-22(31)30(15-16)20-4-2-3-17(14-20)24(25,26)27/h2-8,14,16,18H,9-13,15H2,1H3,(H,28,32). The van der Waals surface area contributed by atoms with Gasteiger partial charge in [-0.3, -0.25) is 9.59 Å². The lowest BCUT2D eigenvalue weighted by Crippen LogP contribution is -2.46. The van der Waals surface area contributed by atoms with Crippen LogP contribution in [0.3, 0.4) is 0 Å². The Balaban J connectivity index is 1.31. The molecule has 2 aromatic rings. The van der Waals surface area contributed by atoms with E-state index in [-0.39, 0.29) is 36.5 Å². The molecule has 0 aliphatic carbocycles. The highest BCUT2D eigenvalue weighted by atomic mass is 19.4. The number of amides is 2. The second-order valence-electron chi connectivity index (χ2n) is 8.42. The van der Waals surface area contributed by atoms with Crippen LogP contribution in [0.25, 0.3) is 0 Å². The summed E-state index contributed by atoms with van der Waals surface area (Å²) in [6, 6.07) is 12.5. The molecule has 1 unspecified atom stereocenters. The first-order chi connectivity index (χ1) is 15.7. The maximum absolute atomic E-state index is 13.0. The molecule has 0 saturated carbocycles. The fourth-order valence-electron chi connectivity index (χ4n) is 4.38. The minimum atomic E-state index is -4.49. The van der Waals surface area contributed by atoms with E-state index in [9.17, 15) is 22.8 Å². The molecule has 9 heteroatoms. The molecule has 2 aliphatic heterocycles. The number of alkyl halides is 3. The molecule has 2 aromatic carbocycles. The summed E-state index contributed by atoms with van der Waals surface area (Å²) in [5, 5.41) is 3.03. The van der Waals surface area contributed by atoms with Gasteiger partial charge in [0.25, 0.3) is 0 Å². The van der Waals surface area contributed by atoms with Gasteiger partial charge >= 0.3 is 6.18 Å². The summed E-state index contributed by atoms with van der Waals surface area (Å²) >= 11 is 0. The van der Waals surface area contributed by atoms with Crippen LogP contribution >= 0.6 is 0 Å². The molecule has 0 spiro atoms. The molecule has 2 amide bonds. The van der Waals surface area contributed by atoms with Crippen LogP contribution in [0.2, 0.25) is 0 Å². The van der Waals surface area contributed by atoms with Crippen LogP contribution in [0, 0.1) is 5.92 Å². The van der Waals surface area contributed by atoms with Crippen LogP contribution in [0.4, 0.5) is 24.5 Å². The molecule has 4 rings (SSSR count). The first-order valence-electron chi connectivity index (χ1n) is 10.9. The first-order valence-corrected chi connectivity index (χ1v) is 10.9. The summed E-state index contributed by atoms with van der Waals surface area (Å²) in [6.45, 7) is 1.66. The van der Waals surface area contributed by atoms with E-state index in [0.717, 1.165) is 49.5 Å². The number of hydrogen-bond acceptors (Lipinski definition) is 4. The number of piperidine rings is 1. The second kappa shape index (κ2) is 9.33. The first kappa shape index (κ1) is 22.9. The number of anilines is 2. The number of nitrogens with one attached hydrogen (secondary N) is 1. The molecule has 176 valence electrons. The van der Waals surface area contributed by atoms with Crippen molar-refractivity contribution in [2.24, 2.45) is 5.92 Å². The van der Waals surface area contributed by atoms with Gasteiger partial charge in [-0.2, -0.15) is 13.2 Å². The number of benzene rings is 2. The van der Waals surface area contributed by atoms with Crippen LogP contribution in [0.1, 0.15) is 24.8 Å². The van der Waals surface area contributed by atoms with E-state index in [1.54, 1.807) is 7.11 Å². The lowest BCUT2D eigenvalue weighted by Gasteiger charge is -2.34. The summed E-state index contributed by atoms with van der Waals surface area (Å²) in [4.78, 5) is 28.7. The molecule has 33 heavy (non-hydrogen) atoms. The Labute approximate surface area is 190 Å². The number of rotatable bonds is 5. The number of ether oxygens (including phenoxy) is 1. The summed E-state index contributed by atoms with van der Waals surface area (Å²) < 4.78 is 44.2. The van der Waals surface area contributed by atoms with Crippen molar-refractivity contribution in [2.45, 2.75) is 31.5 Å². The van der Waals surface area contributed by atoms with E-state index in [4.69, 9.17) is 4.74 Å². The monoisotopic (exact) mass is 461 g/mol. The molecule has 1 atom stereocenters. The van der Waals surface area contributed by atoms with Gasteiger partial charge in [0.2, 0.25) is 11.8 Å². The minimum absolute atomic E-state index is 0.00436. The van der Waals surface area contributed by atoms with E-state index in [2.05, 4.69) is 10.2 Å². The maximum Gasteiger partial charge on any atom is 0.416 e. The molecule has 2 fully saturated rings. The average molecular weight is 461 g/mol. The Morgan fingerprint density at radius 1 is 1.06 bits per heavy atom. The Bertz CT molecular complexity index is 1000. The number of carbonyl (C=O) groups excluding carboxylic acids is 2. The summed E-state index contributed by atoms with van der Waals surface area (Å²) in [7, 11) is 1.62. The van der Waals surface area contributed by atoms with Gasteiger partial charge in [-0.15, -0.1) is 0 Å². The molecule has 0 radical (unpaired) electrons. The number of nitrogens with zero attached hydrogens (tertiary/aromatic N) is 2. The van der Waals surface area contributed by atoms with Crippen molar-refractivity contribution in [3.05, 3.63) is 54.1 Å². The van der Waals surface area contributed by atoms with Gasteiger partial charge in [0.1, 0.15) is 5.75 Å². The van der Waals surface area contributed by atoms with Crippen LogP contribution in [0.5, 0.6) is 5.75 Å². The molecular weight excluding hydrogens is 435 g/mol. The topological polar surface area (TPSA) is 61.9 Å². The van der Waals surface area contributed by atoms with Gasteiger partial charge in [0, 0.05) is 43.5 Å². The zero-order valence-electron chi connectivity index (χ0n) is 18.3. The van der Waals surface area contributed by atoms with Crippen molar-refractivity contribution in [2.75, 3.05) is 36.5 Å². The van der Waals surface area contributed by atoms with Crippen LogP contribution in [-0.4, -0.2) is 44.6 Å². The third-order valence-electron chi connectivity index (χ3n) is 6.26. The Morgan fingerprint density at radius 3 is 2.39 bits per heavy atom. The van der Waals surface area contributed by atoms with Gasteiger partial charge < -0.3 is 19.9 Å². The largest absolute Gasteiger partial charge is 0.497 e. The molecule has 6 nitrogen and oxygen atoms in total. The Morgan fingerprint density at radius 2 is 1.76 bits per heavy atom. The zero-order valence-corrected chi connectivity index (χ0v) is 18.3. The van der Waals surface area contributed by atoms with Crippen molar-refractivity contribution in [1.82, 2.24) is 5.32 Å². The predicted molar refractivity (Wildman–Crippen MR) is 118 cm³/mol. The van der Waals surface area contributed by atoms with Crippen molar-refractivity contribution in [3.8, 4) is 5.75 Å². The van der Waals surface area contributed by atoms with Crippen molar-refractivity contribution in [3.63, 3.8) is 0 Å². The maximum atomic E-state index is 13.0. The van der Waals surface area contributed by atoms with E-state index >= 15 is 0 Å². The van der Waals surface area contributed by atoms with Gasteiger partial charge in [0.05, 0.1) is 18.6 Å². The fraction of sp³-hybridized carbons (Fsp3) is 0.417. The van der Waals surface area contributed by atoms with Crippen LogP contribution in [0.15, 0.2) is 48.5 Å². The fourth-order valence-corrected chi connectivity index (χ4v) is 4.38. The summed E-state index contributed by atoms with van der Waals surface area (Å²) in [5.41, 5.74) is 0.445. The zero-order chi connectivity index (χ0) is 23.6. The number of halogens is 3. The molecule has 1 N–H and O–H groups in total. The van der Waals surface area contributed by atoms with Gasteiger partial charge in [-0.1, -0.05) is 6.07 Å². The van der Waals surface area contributed by atoms with Crippen LogP contribution in [-0.2, 0) is 15.8 Å². The molecule has 2 aliphatic rings. The highest BCUT2D eigenvalue weighted by Gasteiger charge is 2.37. The predicted octanol–water partition coefficient (Wildman–Crippen LogP) is 3.85. The van der Waals surface area contributed by atoms with E-state index < -0.39 is 17.7 Å². The van der Waals surface area contributed by atoms with Crippen molar-refractivity contribution < 1.29 is 27.5 Å². The third kappa shape index (κ3) is 5.23. The van der Waals surface area contributed by atoms with Gasteiger partial charge in [0.15, 0.2) is 0 Å². The van der Waals surface area contributed by atoms with Crippen molar-refractivity contribution >= 4 is 23.2 Å². The second-order valence-corrected chi connectivity index (χ2v) is 8.42. The quantitative estimate of drug-likeness (QED) is 0.735. The molecular formula is C24H26F3N3O3. The van der Waals surface area contributed by atoms with E-state index in [0.29, 0.717) is 0 Å². The smallest absolute Gasteiger partial charge is 0.416 e. The molecule has 2 saturated heterocycles. The highest BCUT2D eigenvalue weighted by molar-refractivity contribution is 6.00. The Hall–Kier alpha value is -3.23. The van der Waals surface area contributed by atoms with Gasteiger partial charge in [-0.25, -0.2) is 0 Å². The minimum Gasteiger partial charge on any atom is -0.497 e. The number of carbonyl (C=O) groups is 2. The lowest BCUT2D eigenvalue weighted by atomic mass is 10.0. The highest BCUT2D eigenvalue weighted by Crippen LogP contribution is 2.33. The van der Waals surface area contributed by atoms with Gasteiger partial charge in [-0.05, 0) is 55.3 Å². The van der Waals surface area contributed by atoms with E-state index in [1.165, 1.54) is 17.0 Å². The lowest BCUT2D eigenvalue weighted by molar-refractivity contribution is -0.137. The molecule has 0 aromatic heterocycles. The third-order valence-corrected chi connectivity index (χ3v) is 6.26. The summed E-state index contributed by atoms with van der Waals surface area (Å²) in [6.07, 6.45) is -2.95. The van der Waals surface area contributed by atoms with Crippen molar-refractivity contribution in [1.29, 1.82) is 0 Å². The van der Waals surface area contributed by atoms with Crippen LogP contribution < -0.4 is 19.9 Å². The van der Waals surface area contributed by atoms with E-state index in [1.807, 2.05) is 24.3 Å². The average Bonchev–Trinajstić information content (AvgIpc) is 3.21. The SMILES string of the molecule is COc1ccc(N2CCC(NC(=O)C3CC(=O)N(c4cccc(C(F)(F)F)c4)C3)CC2)cc1. The Kier molecular flexibility index (Phi) is 6.49.